The van der Waals surface area contributed by atoms with Crippen LogP contribution >= 0.6 is 0 Å². The molecule has 25 heavy (non-hydrogen) atoms. The van der Waals surface area contributed by atoms with Crippen LogP contribution in [-0.2, 0) is 4.79 Å². The van der Waals surface area contributed by atoms with E-state index in [1.54, 1.807) is 0 Å². The number of benzene rings is 1. The third kappa shape index (κ3) is 4.74. The molecule has 1 aromatic rings. The number of nitrogens with zero attached hydrogens (tertiary/aromatic N) is 1. The van der Waals surface area contributed by atoms with Crippen molar-refractivity contribution >= 4 is 17.7 Å². The van der Waals surface area contributed by atoms with Crippen molar-refractivity contribution in [2.45, 2.75) is 71.4 Å². The number of rotatable bonds is 4. The highest BCUT2D eigenvalue weighted by Gasteiger charge is 2.42. The number of amides is 2. The topological polar surface area (TPSA) is 69.6 Å². The molecule has 5 nitrogen and oxygen atoms in total. The fourth-order valence-electron chi connectivity index (χ4n) is 3.74. The summed E-state index contributed by atoms with van der Waals surface area (Å²) in [5, 5.41) is 12.8. The van der Waals surface area contributed by atoms with Gasteiger partial charge in [-0.15, -0.1) is 0 Å². The minimum absolute atomic E-state index is 0.0630. The fourth-order valence-corrected chi connectivity index (χ4v) is 3.74. The lowest BCUT2D eigenvalue weighted by atomic mass is 9.81. The molecule has 1 fully saturated rings. The zero-order chi connectivity index (χ0) is 18.6. The molecule has 1 aliphatic carbocycles. The van der Waals surface area contributed by atoms with Crippen LogP contribution in [0.5, 0.6) is 0 Å². The second kappa shape index (κ2) is 7.89. The van der Waals surface area contributed by atoms with Crippen LogP contribution in [0.1, 0.15) is 58.4 Å². The molecule has 138 valence electrons. The van der Waals surface area contributed by atoms with Gasteiger partial charge in [0.05, 0.1) is 0 Å². The molecule has 0 unspecified atom stereocenters. The predicted octanol–water partition coefficient (Wildman–Crippen LogP) is 4.66. The molecule has 1 saturated carbocycles. The maximum absolute atomic E-state index is 13.1. The Labute approximate surface area is 150 Å². The van der Waals surface area contributed by atoms with E-state index < -0.39 is 17.7 Å². The average Bonchev–Trinajstić information content (AvgIpc) is 2.53. The van der Waals surface area contributed by atoms with Crippen molar-refractivity contribution in [1.82, 2.24) is 4.90 Å². The smallest absolute Gasteiger partial charge is 0.408 e. The Morgan fingerprint density at radius 3 is 2.28 bits per heavy atom. The van der Waals surface area contributed by atoms with Crippen molar-refractivity contribution in [3.63, 3.8) is 0 Å². The second-order valence-corrected chi connectivity index (χ2v) is 7.97. The van der Waals surface area contributed by atoms with Crippen molar-refractivity contribution in [2.24, 2.45) is 5.92 Å². The lowest BCUT2D eigenvalue weighted by molar-refractivity contribution is -0.125. The largest absolute Gasteiger partial charge is 0.465 e. The molecule has 0 spiro atoms. The molecule has 2 rings (SSSR count). The van der Waals surface area contributed by atoms with Gasteiger partial charge in [0.1, 0.15) is 6.04 Å². The summed E-state index contributed by atoms with van der Waals surface area (Å²) in [5.41, 5.74) is 1.07. The summed E-state index contributed by atoms with van der Waals surface area (Å²) in [6.07, 6.45) is 4.01. The lowest BCUT2D eigenvalue weighted by Gasteiger charge is -2.43. The molecular formula is C20H30N2O3. The van der Waals surface area contributed by atoms with Gasteiger partial charge < -0.3 is 10.4 Å². The predicted molar refractivity (Wildman–Crippen MR) is 99.8 cm³/mol. The van der Waals surface area contributed by atoms with Gasteiger partial charge in [-0.3, -0.25) is 9.69 Å². The SMILES string of the molecule is Cc1ccccc1NC(=O)[C@H](C1CCCCC1)N(C(=O)O)C(C)(C)C. The molecule has 0 aromatic heterocycles. The molecule has 1 aliphatic rings. The van der Waals surface area contributed by atoms with Crippen molar-refractivity contribution in [3.05, 3.63) is 29.8 Å². The van der Waals surface area contributed by atoms with Gasteiger partial charge in [0.15, 0.2) is 0 Å². The summed E-state index contributed by atoms with van der Waals surface area (Å²) in [4.78, 5) is 26.5. The number of para-hydroxylation sites is 1. The minimum atomic E-state index is -1.04. The van der Waals surface area contributed by atoms with Crippen molar-refractivity contribution in [3.8, 4) is 0 Å². The third-order valence-corrected chi connectivity index (χ3v) is 4.97. The van der Waals surface area contributed by atoms with Crippen LogP contribution in [0.25, 0.3) is 0 Å². The third-order valence-electron chi connectivity index (χ3n) is 4.97. The lowest BCUT2D eigenvalue weighted by Crippen LogP contribution is -2.58. The standard InChI is InChI=1S/C20H30N2O3/c1-14-10-8-9-13-16(14)21-18(23)17(15-11-6-5-7-12-15)22(19(24)25)20(2,3)4/h8-10,13,15,17H,5-7,11-12H2,1-4H3,(H,21,23)(H,24,25)/t17-/m0/s1. The van der Waals surface area contributed by atoms with Gasteiger partial charge in [0.25, 0.3) is 0 Å². The van der Waals surface area contributed by atoms with E-state index in [9.17, 15) is 14.7 Å². The van der Waals surface area contributed by atoms with Crippen LogP contribution in [0.2, 0.25) is 0 Å². The minimum Gasteiger partial charge on any atom is -0.465 e. The number of anilines is 1. The van der Waals surface area contributed by atoms with E-state index in [0.717, 1.165) is 43.4 Å². The molecule has 2 N–H and O–H groups in total. The molecule has 0 aliphatic heterocycles. The van der Waals surface area contributed by atoms with Crippen molar-refractivity contribution in [2.75, 3.05) is 5.32 Å². The molecule has 0 saturated heterocycles. The zero-order valence-corrected chi connectivity index (χ0v) is 15.7. The summed E-state index contributed by atoms with van der Waals surface area (Å²) in [6, 6.07) is 6.91. The normalized spacial score (nSPS) is 17.0. The van der Waals surface area contributed by atoms with E-state index in [4.69, 9.17) is 0 Å². The summed E-state index contributed by atoms with van der Waals surface area (Å²) in [6.45, 7) is 7.47. The Kier molecular flexibility index (Phi) is 6.09. The van der Waals surface area contributed by atoms with Crippen LogP contribution < -0.4 is 5.32 Å². The summed E-state index contributed by atoms with van der Waals surface area (Å²) >= 11 is 0. The van der Waals surface area contributed by atoms with Crippen LogP contribution in [0.3, 0.4) is 0 Å². The van der Waals surface area contributed by atoms with E-state index >= 15 is 0 Å². The molecule has 2 amide bonds. The molecule has 1 aromatic carbocycles. The van der Waals surface area contributed by atoms with Gasteiger partial charge in [-0.05, 0) is 58.1 Å². The number of hydrogen-bond donors (Lipinski definition) is 2. The first-order chi connectivity index (χ1) is 11.7. The van der Waals surface area contributed by atoms with E-state index in [0.29, 0.717) is 0 Å². The van der Waals surface area contributed by atoms with Gasteiger partial charge in [0.2, 0.25) is 5.91 Å². The van der Waals surface area contributed by atoms with Crippen LogP contribution in [0.4, 0.5) is 10.5 Å². The van der Waals surface area contributed by atoms with Gasteiger partial charge in [0, 0.05) is 11.2 Å². The highest BCUT2D eigenvalue weighted by Crippen LogP contribution is 2.33. The van der Waals surface area contributed by atoms with Gasteiger partial charge in [-0.25, -0.2) is 4.79 Å². The molecule has 0 radical (unpaired) electrons. The summed E-state index contributed by atoms with van der Waals surface area (Å²) in [7, 11) is 0. The van der Waals surface area contributed by atoms with E-state index in [1.165, 1.54) is 4.90 Å². The first-order valence-corrected chi connectivity index (χ1v) is 9.10. The molecule has 0 bridgehead atoms. The number of nitrogens with one attached hydrogen (secondary N) is 1. The van der Waals surface area contributed by atoms with Gasteiger partial charge in [-0.1, -0.05) is 37.5 Å². The Bertz CT molecular complexity index is 616. The molecule has 1 atom stereocenters. The van der Waals surface area contributed by atoms with Crippen LogP contribution in [0.15, 0.2) is 24.3 Å². The number of carbonyl (C=O) groups is 2. The molecular weight excluding hydrogens is 316 g/mol. The zero-order valence-electron chi connectivity index (χ0n) is 15.7. The molecule has 5 heteroatoms. The van der Waals surface area contributed by atoms with Crippen molar-refractivity contribution in [1.29, 1.82) is 0 Å². The monoisotopic (exact) mass is 346 g/mol. The van der Waals surface area contributed by atoms with Gasteiger partial charge >= 0.3 is 6.09 Å². The van der Waals surface area contributed by atoms with E-state index in [2.05, 4.69) is 5.32 Å². The fraction of sp³-hybridized carbons (Fsp3) is 0.600. The van der Waals surface area contributed by atoms with E-state index in [1.807, 2.05) is 52.0 Å². The number of carbonyl (C=O) groups excluding carboxylic acids is 1. The Hall–Kier alpha value is -2.04. The summed E-state index contributed by atoms with van der Waals surface area (Å²) < 4.78 is 0. The van der Waals surface area contributed by atoms with Crippen LogP contribution in [-0.4, -0.2) is 33.6 Å². The molecule has 0 heterocycles. The highest BCUT2D eigenvalue weighted by atomic mass is 16.4. The number of carboxylic acid groups (broad SMARTS) is 1. The first kappa shape index (κ1) is 19.3. The number of hydrogen-bond acceptors (Lipinski definition) is 2. The first-order valence-electron chi connectivity index (χ1n) is 9.10. The Balaban J connectivity index is 2.34. The number of aryl methyl sites for hydroxylation is 1. The van der Waals surface area contributed by atoms with Crippen LogP contribution in [0, 0.1) is 12.8 Å². The highest BCUT2D eigenvalue weighted by molar-refractivity contribution is 5.97. The quantitative estimate of drug-likeness (QED) is 0.833. The van der Waals surface area contributed by atoms with Crippen molar-refractivity contribution < 1.29 is 14.7 Å². The van der Waals surface area contributed by atoms with E-state index in [-0.39, 0.29) is 11.8 Å². The Morgan fingerprint density at radius 2 is 1.76 bits per heavy atom. The Morgan fingerprint density at radius 1 is 1.16 bits per heavy atom. The maximum atomic E-state index is 13.1. The van der Waals surface area contributed by atoms with Gasteiger partial charge in [-0.2, -0.15) is 0 Å². The second-order valence-electron chi connectivity index (χ2n) is 7.97. The summed E-state index contributed by atoms with van der Waals surface area (Å²) in [5.74, 6) is -0.161. The average molecular weight is 346 g/mol. The maximum Gasteiger partial charge on any atom is 0.408 e.